The number of carbonyl (C=O) groups is 2. The lowest BCUT2D eigenvalue weighted by molar-refractivity contribution is 0.0252. The van der Waals surface area contributed by atoms with Crippen LogP contribution < -0.4 is 10.6 Å². The van der Waals surface area contributed by atoms with E-state index in [1.165, 1.54) is 44.9 Å². The Bertz CT molecular complexity index is 479. The zero-order valence-corrected chi connectivity index (χ0v) is 19.2. The van der Waals surface area contributed by atoms with Crippen LogP contribution >= 0.6 is 0 Å². The number of rotatable bonds is 12. The number of hydrogen-bond donors (Lipinski definition) is 2. The van der Waals surface area contributed by atoms with Gasteiger partial charge in [0.2, 0.25) is 0 Å². The normalized spacial score (nSPS) is 19.3. The minimum atomic E-state index is -0.544. The fourth-order valence-corrected chi connectivity index (χ4v) is 3.48. The fourth-order valence-electron chi connectivity index (χ4n) is 3.48. The van der Waals surface area contributed by atoms with E-state index in [2.05, 4.69) is 17.6 Å². The smallest absolute Gasteiger partial charge is 0.410 e. The summed E-state index contributed by atoms with van der Waals surface area (Å²) < 4.78 is 10.9. The van der Waals surface area contributed by atoms with Crippen LogP contribution in [0, 0.1) is 0 Å². The van der Waals surface area contributed by atoms with Crippen LogP contribution in [-0.4, -0.2) is 61.5 Å². The Hall–Kier alpha value is -1.50. The number of likely N-dealkylation sites (tertiary alicyclic amines) is 1. The summed E-state index contributed by atoms with van der Waals surface area (Å²) in [4.78, 5) is 26.0. The van der Waals surface area contributed by atoms with Crippen molar-refractivity contribution in [2.24, 2.45) is 0 Å². The molecule has 0 saturated carbocycles. The van der Waals surface area contributed by atoms with Crippen molar-refractivity contribution in [3.05, 3.63) is 0 Å². The second-order valence-corrected chi connectivity index (χ2v) is 8.99. The quantitative estimate of drug-likeness (QED) is 0.463. The van der Waals surface area contributed by atoms with Gasteiger partial charge in [0.05, 0.1) is 18.7 Å². The summed E-state index contributed by atoms with van der Waals surface area (Å²) in [5, 5.41) is 5.85. The molecule has 3 amide bonds. The van der Waals surface area contributed by atoms with Crippen LogP contribution in [0.1, 0.15) is 85.5 Å². The van der Waals surface area contributed by atoms with Crippen molar-refractivity contribution in [2.45, 2.75) is 103 Å². The Kier molecular flexibility index (Phi) is 12.0. The molecule has 7 heteroatoms. The lowest BCUT2D eigenvalue weighted by Gasteiger charge is -2.24. The van der Waals surface area contributed by atoms with E-state index >= 15 is 0 Å². The van der Waals surface area contributed by atoms with Crippen LogP contribution in [-0.2, 0) is 9.47 Å². The first-order valence-corrected chi connectivity index (χ1v) is 11.3. The predicted octanol–water partition coefficient (Wildman–Crippen LogP) is 4.45. The van der Waals surface area contributed by atoms with Crippen molar-refractivity contribution >= 4 is 12.1 Å². The van der Waals surface area contributed by atoms with E-state index in [9.17, 15) is 9.59 Å². The van der Waals surface area contributed by atoms with Gasteiger partial charge in [-0.3, -0.25) is 0 Å². The van der Waals surface area contributed by atoms with Crippen molar-refractivity contribution < 1.29 is 19.1 Å². The van der Waals surface area contributed by atoms with E-state index in [0.29, 0.717) is 19.6 Å². The molecule has 1 heterocycles. The van der Waals surface area contributed by atoms with Gasteiger partial charge in [0.15, 0.2) is 0 Å². The van der Waals surface area contributed by atoms with Crippen LogP contribution in [0.4, 0.5) is 9.59 Å². The predicted molar refractivity (Wildman–Crippen MR) is 116 cm³/mol. The molecular weight excluding hydrogens is 370 g/mol. The fraction of sp³-hybridized carbons (Fsp3) is 0.909. The van der Waals surface area contributed by atoms with Gasteiger partial charge in [-0.05, 0) is 27.2 Å². The second-order valence-electron chi connectivity index (χ2n) is 8.99. The molecule has 170 valence electrons. The van der Waals surface area contributed by atoms with Crippen molar-refractivity contribution in [1.82, 2.24) is 15.5 Å². The third-order valence-corrected chi connectivity index (χ3v) is 5.10. The number of amides is 3. The molecule has 7 nitrogen and oxygen atoms in total. The molecular formula is C22H43N3O4. The summed E-state index contributed by atoms with van der Waals surface area (Å²) in [5.74, 6) is 0. The van der Waals surface area contributed by atoms with Crippen LogP contribution in [0.15, 0.2) is 0 Å². The van der Waals surface area contributed by atoms with Gasteiger partial charge in [0, 0.05) is 20.2 Å². The molecule has 0 aliphatic carbocycles. The minimum Gasteiger partial charge on any atom is -0.444 e. The summed E-state index contributed by atoms with van der Waals surface area (Å²) in [6.07, 6.45) is 10.7. The number of ether oxygens (including phenoxy) is 2. The number of unbranched alkanes of at least 4 members (excludes halogenated alkanes) is 8. The summed E-state index contributed by atoms with van der Waals surface area (Å²) in [6, 6.07) is -0.446. The van der Waals surface area contributed by atoms with E-state index in [1.54, 1.807) is 12.0 Å². The third kappa shape index (κ3) is 11.3. The number of hydrogen-bond acceptors (Lipinski definition) is 4. The first-order chi connectivity index (χ1) is 13.8. The second kappa shape index (κ2) is 13.7. The molecule has 0 radical (unpaired) electrons. The average molecular weight is 414 g/mol. The topological polar surface area (TPSA) is 79.9 Å². The maximum Gasteiger partial charge on any atom is 0.410 e. The molecule has 0 aromatic rings. The highest BCUT2D eigenvalue weighted by Gasteiger charge is 2.38. The Morgan fingerprint density at radius 3 is 2.10 bits per heavy atom. The van der Waals surface area contributed by atoms with Gasteiger partial charge < -0.3 is 25.0 Å². The largest absolute Gasteiger partial charge is 0.444 e. The van der Waals surface area contributed by atoms with Gasteiger partial charge in [0.25, 0.3) is 0 Å². The van der Waals surface area contributed by atoms with Crippen LogP contribution in [0.3, 0.4) is 0 Å². The number of carbonyl (C=O) groups excluding carboxylic acids is 2. The number of urea groups is 1. The van der Waals surface area contributed by atoms with Crippen LogP contribution in [0.25, 0.3) is 0 Å². The molecule has 1 aliphatic heterocycles. The number of methoxy groups -OCH3 is 1. The molecule has 2 unspecified atom stereocenters. The maximum atomic E-state index is 12.2. The highest BCUT2D eigenvalue weighted by molar-refractivity contribution is 5.75. The highest BCUT2D eigenvalue weighted by atomic mass is 16.6. The van der Waals surface area contributed by atoms with Crippen molar-refractivity contribution in [2.75, 3.05) is 26.7 Å². The zero-order valence-electron chi connectivity index (χ0n) is 19.2. The third-order valence-electron chi connectivity index (χ3n) is 5.10. The minimum absolute atomic E-state index is 0.206. The molecule has 2 N–H and O–H groups in total. The van der Waals surface area contributed by atoms with Gasteiger partial charge >= 0.3 is 12.1 Å². The van der Waals surface area contributed by atoms with E-state index in [4.69, 9.17) is 9.47 Å². The van der Waals surface area contributed by atoms with E-state index in [-0.39, 0.29) is 24.3 Å². The van der Waals surface area contributed by atoms with Crippen molar-refractivity contribution in [3.8, 4) is 0 Å². The monoisotopic (exact) mass is 413 g/mol. The summed E-state index contributed by atoms with van der Waals surface area (Å²) in [5.41, 5.74) is -0.544. The molecule has 29 heavy (non-hydrogen) atoms. The van der Waals surface area contributed by atoms with Gasteiger partial charge in [-0.2, -0.15) is 0 Å². The van der Waals surface area contributed by atoms with Gasteiger partial charge in [-0.1, -0.05) is 58.3 Å². The molecule has 0 bridgehead atoms. The first kappa shape index (κ1) is 25.5. The van der Waals surface area contributed by atoms with E-state index < -0.39 is 5.60 Å². The Balaban J connectivity index is 2.18. The lowest BCUT2D eigenvalue weighted by atomic mass is 10.1. The lowest BCUT2D eigenvalue weighted by Crippen LogP contribution is -2.48. The molecule has 1 saturated heterocycles. The van der Waals surface area contributed by atoms with E-state index in [0.717, 1.165) is 12.8 Å². The zero-order chi connectivity index (χ0) is 21.7. The average Bonchev–Trinajstić information content (AvgIpc) is 3.05. The first-order valence-electron chi connectivity index (χ1n) is 11.3. The molecule has 1 rings (SSSR count). The summed E-state index contributed by atoms with van der Waals surface area (Å²) in [6.45, 7) is 9.22. The Labute approximate surface area is 177 Å². The Morgan fingerprint density at radius 2 is 1.55 bits per heavy atom. The molecule has 2 atom stereocenters. The molecule has 1 aliphatic rings. The molecule has 1 fully saturated rings. The number of nitrogens with zero attached hydrogens (tertiary/aromatic N) is 1. The summed E-state index contributed by atoms with van der Waals surface area (Å²) >= 11 is 0. The Morgan fingerprint density at radius 1 is 0.966 bits per heavy atom. The molecule has 0 aromatic heterocycles. The van der Waals surface area contributed by atoms with E-state index in [1.807, 2.05) is 20.8 Å². The summed E-state index contributed by atoms with van der Waals surface area (Å²) in [7, 11) is 1.60. The van der Waals surface area contributed by atoms with Crippen LogP contribution in [0.5, 0.6) is 0 Å². The molecule has 0 aromatic carbocycles. The SMILES string of the molecule is CCCCCCCCCCCNC(=O)NC1CN(C(=O)OC(C)(C)C)CC1OC. The highest BCUT2D eigenvalue weighted by Crippen LogP contribution is 2.17. The molecule has 0 spiro atoms. The van der Waals surface area contributed by atoms with Crippen LogP contribution in [0.2, 0.25) is 0 Å². The number of nitrogens with one attached hydrogen (secondary N) is 2. The maximum absolute atomic E-state index is 12.2. The van der Waals surface area contributed by atoms with Gasteiger partial charge in [0.1, 0.15) is 5.60 Å². The van der Waals surface area contributed by atoms with Crippen molar-refractivity contribution in [3.63, 3.8) is 0 Å². The van der Waals surface area contributed by atoms with Gasteiger partial charge in [-0.25, -0.2) is 9.59 Å². The standard InChI is InChI=1S/C22H43N3O4/c1-6-7-8-9-10-11-12-13-14-15-23-20(26)24-18-16-25(17-19(18)28-5)21(27)29-22(2,3)4/h18-19H,6-17H2,1-5H3,(H2,23,24,26). The van der Waals surface area contributed by atoms with Crippen molar-refractivity contribution in [1.29, 1.82) is 0 Å². The van der Waals surface area contributed by atoms with Gasteiger partial charge in [-0.15, -0.1) is 0 Å².